The number of hydrogen-bond acceptors (Lipinski definition) is 5. The second-order valence-electron chi connectivity index (χ2n) is 9.05. The van der Waals surface area contributed by atoms with Gasteiger partial charge in [-0.05, 0) is 63.5 Å². The molecular weight excluding hydrogens is 505 g/mol. The Hall–Kier alpha value is -4.63. The van der Waals surface area contributed by atoms with Crippen LogP contribution >= 0.6 is 11.6 Å². The molecule has 38 heavy (non-hydrogen) atoms. The molecular formula is C28H21ClFN7O. The van der Waals surface area contributed by atoms with Gasteiger partial charge in [0.05, 0.1) is 23.7 Å². The first-order valence-electron chi connectivity index (χ1n) is 11.8. The maximum Gasteiger partial charge on any atom is 0.218 e. The number of amides is 1. The number of carbonyl (C=O) groups excluding carboxylic acids is 1. The minimum atomic E-state index is -1.39. The van der Waals surface area contributed by atoms with Crippen molar-refractivity contribution < 1.29 is 9.18 Å². The lowest BCUT2D eigenvalue weighted by atomic mass is 9.78. The summed E-state index contributed by atoms with van der Waals surface area (Å²) in [6, 6.07) is 21.4. The SMILES string of the molecule is CC(=O)NC(c1ccc2c(c1)c(-c1cccc(Cl)c1)cc1nnnn12)(c1ccccc1F)c1cncn1C. The summed E-state index contributed by atoms with van der Waals surface area (Å²) in [4.78, 5) is 17.0. The molecule has 0 aliphatic carbocycles. The molecule has 3 aromatic heterocycles. The zero-order valence-corrected chi connectivity index (χ0v) is 21.2. The Morgan fingerprint density at radius 3 is 2.63 bits per heavy atom. The number of imidazole rings is 1. The van der Waals surface area contributed by atoms with Crippen LogP contribution in [0.1, 0.15) is 23.7 Å². The summed E-state index contributed by atoms with van der Waals surface area (Å²) in [5.41, 5.74) is 3.11. The standard InChI is InChI=1S/C28H21ClFN7O/c1-17(38)32-28(26-15-31-16-36(26)2,23-8-3-4-9-24(23)30)19-10-11-25-22(13-19)21(14-27-33-34-35-37(25)27)18-6-5-7-20(29)12-18/h3-16H,1-2H3,(H,32,38). The number of halogens is 2. The number of aryl methyl sites for hydroxylation is 1. The van der Waals surface area contributed by atoms with E-state index in [0.29, 0.717) is 21.9 Å². The topological polar surface area (TPSA) is 90.0 Å². The molecule has 6 aromatic rings. The van der Waals surface area contributed by atoms with E-state index < -0.39 is 11.4 Å². The van der Waals surface area contributed by atoms with Crippen LogP contribution in [-0.2, 0) is 17.4 Å². The van der Waals surface area contributed by atoms with Gasteiger partial charge in [-0.15, -0.1) is 5.10 Å². The zero-order valence-electron chi connectivity index (χ0n) is 20.4. The van der Waals surface area contributed by atoms with E-state index >= 15 is 4.39 Å². The summed E-state index contributed by atoms with van der Waals surface area (Å²) in [7, 11) is 1.81. The van der Waals surface area contributed by atoms with Crippen LogP contribution < -0.4 is 5.32 Å². The number of nitrogens with zero attached hydrogens (tertiary/aromatic N) is 6. The number of nitrogens with one attached hydrogen (secondary N) is 1. The van der Waals surface area contributed by atoms with Crippen LogP contribution in [0, 0.1) is 5.82 Å². The number of rotatable bonds is 5. The van der Waals surface area contributed by atoms with Crippen LogP contribution in [0.2, 0.25) is 5.02 Å². The van der Waals surface area contributed by atoms with E-state index in [2.05, 4.69) is 25.8 Å². The van der Waals surface area contributed by atoms with Crippen molar-refractivity contribution in [3.05, 3.63) is 113 Å². The summed E-state index contributed by atoms with van der Waals surface area (Å²) in [5.74, 6) is -0.797. The van der Waals surface area contributed by atoms with Crippen molar-refractivity contribution in [2.75, 3.05) is 0 Å². The molecule has 3 aromatic carbocycles. The summed E-state index contributed by atoms with van der Waals surface area (Å²) < 4.78 is 19.0. The van der Waals surface area contributed by atoms with Gasteiger partial charge in [0.25, 0.3) is 0 Å². The number of pyridine rings is 1. The third kappa shape index (κ3) is 3.71. The van der Waals surface area contributed by atoms with E-state index in [-0.39, 0.29) is 11.5 Å². The molecule has 6 rings (SSSR count). The quantitative estimate of drug-likeness (QED) is 0.346. The third-order valence-corrected chi connectivity index (χ3v) is 6.93. The van der Waals surface area contributed by atoms with E-state index in [0.717, 1.165) is 22.0 Å². The highest BCUT2D eigenvalue weighted by atomic mass is 35.5. The van der Waals surface area contributed by atoms with Crippen molar-refractivity contribution in [2.24, 2.45) is 7.05 Å². The van der Waals surface area contributed by atoms with Crippen molar-refractivity contribution in [3.8, 4) is 11.1 Å². The highest BCUT2D eigenvalue weighted by Crippen LogP contribution is 2.41. The fraction of sp³-hybridized carbons (Fsp3) is 0.107. The number of tetrazole rings is 1. The van der Waals surface area contributed by atoms with Crippen molar-refractivity contribution in [3.63, 3.8) is 0 Å². The van der Waals surface area contributed by atoms with Gasteiger partial charge < -0.3 is 9.88 Å². The second kappa shape index (κ2) is 9.04. The van der Waals surface area contributed by atoms with E-state index in [9.17, 15) is 4.79 Å². The van der Waals surface area contributed by atoms with Crippen molar-refractivity contribution in [1.29, 1.82) is 0 Å². The normalized spacial score (nSPS) is 13.1. The van der Waals surface area contributed by atoms with Gasteiger partial charge in [0.15, 0.2) is 5.65 Å². The number of aromatic nitrogens is 6. The van der Waals surface area contributed by atoms with Crippen LogP contribution in [0.3, 0.4) is 0 Å². The smallest absolute Gasteiger partial charge is 0.218 e. The van der Waals surface area contributed by atoms with E-state index in [1.807, 2.05) is 49.5 Å². The lowest BCUT2D eigenvalue weighted by Gasteiger charge is -2.36. The highest BCUT2D eigenvalue weighted by Gasteiger charge is 2.42. The molecule has 188 valence electrons. The van der Waals surface area contributed by atoms with Gasteiger partial charge in [0, 0.05) is 29.9 Å². The van der Waals surface area contributed by atoms with Crippen molar-refractivity contribution in [2.45, 2.75) is 12.5 Å². The molecule has 0 saturated heterocycles. The Kier molecular flexibility index (Phi) is 5.65. The Morgan fingerprint density at radius 2 is 1.89 bits per heavy atom. The fourth-order valence-corrected chi connectivity index (χ4v) is 5.31. The molecule has 8 nitrogen and oxygen atoms in total. The van der Waals surface area contributed by atoms with E-state index in [4.69, 9.17) is 11.6 Å². The van der Waals surface area contributed by atoms with Gasteiger partial charge in [-0.3, -0.25) is 4.79 Å². The predicted octanol–water partition coefficient (Wildman–Crippen LogP) is 4.90. The second-order valence-corrected chi connectivity index (χ2v) is 9.49. The monoisotopic (exact) mass is 525 g/mol. The van der Waals surface area contributed by atoms with Crippen LogP contribution in [0.15, 0.2) is 85.3 Å². The summed E-state index contributed by atoms with van der Waals surface area (Å²) in [6.45, 7) is 1.41. The van der Waals surface area contributed by atoms with Crippen LogP contribution in [0.4, 0.5) is 4.39 Å². The highest BCUT2D eigenvalue weighted by molar-refractivity contribution is 6.30. The molecule has 0 spiro atoms. The molecule has 0 aliphatic heterocycles. The summed E-state index contributed by atoms with van der Waals surface area (Å²) in [5, 5.41) is 16.6. The molecule has 1 atom stereocenters. The Bertz CT molecular complexity index is 1850. The van der Waals surface area contributed by atoms with Gasteiger partial charge in [-0.2, -0.15) is 4.52 Å². The van der Waals surface area contributed by atoms with Crippen LogP contribution in [0.25, 0.3) is 27.7 Å². The van der Waals surface area contributed by atoms with E-state index in [1.54, 1.807) is 45.9 Å². The van der Waals surface area contributed by atoms with E-state index in [1.165, 1.54) is 13.0 Å². The van der Waals surface area contributed by atoms with Gasteiger partial charge in [0.1, 0.15) is 11.4 Å². The number of fused-ring (bicyclic) bond motifs is 3. The average Bonchev–Trinajstić information content (AvgIpc) is 3.56. The van der Waals surface area contributed by atoms with Crippen molar-refractivity contribution in [1.82, 2.24) is 34.9 Å². The minimum absolute atomic E-state index is 0.283. The molecule has 1 unspecified atom stereocenters. The Balaban J connectivity index is 1.75. The minimum Gasteiger partial charge on any atom is -0.337 e. The van der Waals surface area contributed by atoms with Gasteiger partial charge in [-0.1, -0.05) is 48.0 Å². The molecule has 1 N–H and O–H groups in total. The Morgan fingerprint density at radius 1 is 1.05 bits per heavy atom. The number of carbonyl (C=O) groups is 1. The third-order valence-electron chi connectivity index (χ3n) is 6.69. The first kappa shape index (κ1) is 23.7. The van der Waals surface area contributed by atoms with Crippen molar-refractivity contribution >= 4 is 34.1 Å². The number of benzene rings is 3. The average molecular weight is 526 g/mol. The summed E-state index contributed by atoms with van der Waals surface area (Å²) >= 11 is 6.34. The van der Waals surface area contributed by atoms with Gasteiger partial charge >= 0.3 is 0 Å². The molecule has 1 amide bonds. The zero-order chi connectivity index (χ0) is 26.4. The van der Waals surface area contributed by atoms with Crippen LogP contribution in [0.5, 0.6) is 0 Å². The molecule has 0 fully saturated rings. The molecule has 0 saturated carbocycles. The number of hydrogen-bond donors (Lipinski definition) is 1. The fourth-order valence-electron chi connectivity index (χ4n) is 5.12. The maximum atomic E-state index is 15.6. The molecule has 0 bridgehead atoms. The predicted molar refractivity (Wildman–Crippen MR) is 142 cm³/mol. The molecule has 0 radical (unpaired) electrons. The molecule has 0 aliphatic rings. The largest absolute Gasteiger partial charge is 0.337 e. The Labute approximate surface area is 221 Å². The molecule has 3 heterocycles. The summed E-state index contributed by atoms with van der Waals surface area (Å²) in [6.07, 6.45) is 3.25. The van der Waals surface area contributed by atoms with Crippen LogP contribution in [-0.4, -0.2) is 35.5 Å². The van der Waals surface area contributed by atoms with Gasteiger partial charge in [0.2, 0.25) is 5.91 Å². The lowest BCUT2D eigenvalue weighted by molar-refractivity contribution is -0.120. The van der Waals surface area contributed by atoms with Gasteiger partial charge in [-0.25, -0.2) is 9.37 Å². The maximum absolute atomic E-state index is 15.6. The molecule has 10 heteroatoms. The first-order chi connectivity index (χ1) is 18.4. The first-order valence-corrected chi connectivity index (χ1v) is 12.2. The lowest BCUT2D eigenvalue weighted by Crippen LogP contribution is -2.48.